The van der Waals surface area contributed by atoms with E-state index >= 15 is 0 Å². The molecule has 3 aromatic rings. The fourth-order valence-corrected chi connectivity index (χ4v) is 4.04. The number of ether oxygens (including phenoxy) is 1. The number of aliphatic hydroxyl groups excluding tert-OH is 2. The third-order valence-electron chi connectivity index (χ3n) is 4.85. The Hall–Kier alpha value is -3.10. The first-order chi connectivity index (χ1) is 14.8. The van der Waals surface area contributed by atoms with Gasteiger partial charge in [0.15, 0.2) is 17.7 Å². The van der Waals surface area contributed by atoms with Crippen LogP contribution >= 0.6 is 0 Å². The molecule has 0 saturated carbocycles. The van der Waals surface area contributed by atoms with Gasteiger partial charge in [-0.05, 0) is 12.1 Å². The molecule has 4 atom stereocenters. The van der Waals surface area contributed by atoms with Crippen LogP contribution in [0.1, 0.15) is 11.8 Å². The van der Waals surface area contributed by atoms with E-state index in [1.54, 1.807) is 18.2 Å². The molecule has 0 spiro atoms. The monoisotopic (exact) mass is 448 g/mol. The number of phenols is 1. The Kier molecular flexibility index (Phi) is 5.60. The highest BCUT2D eigenvalue weighted by Crippen LogP contribution is 2.31. The highest BCUT2D eigenvalue weighted by Gasteiger charge is 2.44. The number of phenolic OH excluding ortho intramolecular Hbond substituents is 1. The van der Waals surface area contributed by atoms with Crippen molar-refractivity contribution in [2.24, 2.45) is 0 Å². The van der Waals surface area contributed by atoms with Crippen LogP contribution in [-0.2, 0) is 14.8 Å². The van der Waals surface area contributed by atoms with Gasteiger partial charge in [0.2, 0.25) is 10.0 Å². The summed E-state index contributed by atoms with van der Waals surface area (Å²) in [5.41, 5.74) is 6.69. The maximum atomic E-state index is 12.3. The van der Waals surface area contributed by atoms with Crippen LogP contribution in [0, 0.1) is 0 Å². The number of nitrogens with one attached hydrogen (secondary N) is 1. The highest BCUT2D eigenvalue weighted by molar-refractivity contribution is 7.92. The average Bonchev–Trinajstić information content (AvgIpc) is 3.29. The number of anilines is 1. The van der Waals surface area contributed by atoms with Gasteiger partial charge in [0.25, 0.3) is 0 Å². The summed E-state index contributed by atoms with van der Waals surface area (Å²) in [6, 6.07) is 6.26. The summed E-state index contributed by atoms with van der Waals surface area (Å²) in [5.74, 6) is 0.0869. The molecule has 0 unspecified atom stereocenters. The van der Waals surface area contributed by atoms with Gasteiger partial charge in [-0.1, -0.05) is 18.2 Å². The first kappa shape index (κ1) is 21.1. The number of rotatable bonds is 6. The molecule has 2 aromatic heterocycles. The quantitative estimate of drug-likeness (QED) is 0.323. The largest absolute Gasteiger partial charge is 0.507 e. The Bertz CT molecular complexity index is 1230. The molecule has 6 N–H and O–H groups in total. The van der Waals surface area contributed by atoms with Crippen LogP contribution in [-0.4, -0.2) is 68.1 Å². The summed E-state index contributed by atoms with van der Waals surface area (Å²) in [6.07, 6.45) is -1.01. The molecule has 0 bridgehead atoms. The molecule has 4 rings (SSSR count). The Morgan fingerprint density at radius 1 is 1.19 bits per heavy atom. The number of nitrogens with two attached hydrogens (primary N) is 1. The Labute approximate surface area is 176 Å². The Morgan fingerprint density at radius 2 is 1.97 bits per heavy atom. The summed E-state index contributed by atoms with van der Waals surface area (Å²) in [7, 11) is -3.91. The zero-order valence-corrected chi connectivity index (χ0v) is 16.8. The van der Waals surface area contributed by atoms with Crippen molar-refractivity contribution < 1.29 is 28.5 Å². The van der Waals surface area contributed by atoms with Crippen LogP contribution in [0.2, 0.25) is 0 Å². The van der Waals surface area contributed by atoms with E-state index in [9.17, 15) is 23.7 Å². The number of para-hydroxylation sites is 1. The van der Waals surface area contributed by atoms with Crippen molar-refractivity contribution in [3.05, 3.63) is 47.9 Å². The molecule has 164 valence electrons. The fraction of sp³-hybridized carbons (Fsp3) is 0.278. The smallest absolute Gasteiger partial charge is 0.233 e. The molecule has 1 aliphatic heterocycles. The first-order valence-electron chi connectivity index (χ1n) is 9.17. The lowest BCUT2D eigenvalue weighted by Gasteiger charge is -2.16. The van der Waals surface area contributed by atoms with E-state index in [4.69, 9.17) is 10.5 Å². The minimum absolute atomic E-state index is 0.0635. The summed E-state index contributed by atoms with van der Waals surface area (Å²) in [6.45, 7) is -0.300. The second-order valence-corrected chi connectivity index (χ2v) is 8.54. The minimum atomic E-state index is -3.91. The van der Waals surface area contributed by atoms with E-state index in [0.29, 0.717) is 16.7 Å². The van der Waals surface area contributed by atoms with E-state index < -0.39 is 34.6 Å². The SMILES string of the molecule is Nc1ncnc2c1ncn2[C@@H]1O[C@H](CNS(=O)(=O)/C=C/c2ccccc2O)[C@@H](O)[C@H]1O. The van der Waals surface area contributed by atoms with Gasteiger partial charge in [-0.2, -0.15) is 0 Å². The molecule has 3 heterocycles. The lowest BCUT2D eigenvalue weighted by Crippen LogP contribution is -2.39. The Morgan fingerprint density at radius 3 is 2.74 bits per heavy atom. The van der Waals surface area contributed by atoms with Crippen LogP contribution < -0.4 is 10.5 Å². The molecule has 31 heavy (non-hydrogen) atoms. The molecule has 13 heteroatoms. The van der Waals surface area contributed by atoms with Crippen LogP contribution in [0.4, 0.5) is 5.82 Å². The van der Waals surface area contributed by atoms with E-state index in [0.717, 1.165) is 5.41 Å². The van der Waals surface area contributed by atoms with E-state index in [-0.39, 0.29) is 18.1 Å². The number of sulfonamides is 1. The van der Waals surface area contributed by atoms with Gasteiger partial charge in [-0.3, -0.25) is 4.57 Å². The molecule has 1 saturated heterocycles. The second-order valence-electron chi connectivity index (χ2n) is 6.88. The number of fused-ring (bicyclic) bond motifs is 1. The van der Waals surface area contributed by atoms with Gasteiger partial charge < -0.3 is 25.8 Å². The van der Waals surface area contributed by atoms with E-state index in [1.807, 2.05) is 0 Å². The van der Waals surface area contributed by atoms with Crippen LogP contribution in [0.3, 0.4) is 0 Å². The number of nitrogens with zero attached hydrogens (tertiary/aromatic N) is 4. The number of aromatic hydroxyl groups is 1. The van der Waals surface area contributed by atoms with Crippen molar-refractivity contribution in [1.82, 2.24) is 24.2 Å². The molecular formula is C18H20N6O6S. The number of imidazole rings is 1. The summed E-state index contributed by atoms with van der Waals surface area (Å²) < 4.78 is 33.9. The maximum Gasteiger partial charge on any atom is 0.233 e. The molecule has 0 amide bonds. The standard InChI is InChI=1S/C18H20N6O6S/c19-16-13-17(21-8-20-16)24(9-22-13)18-15(27)14(26)12(30-18)7-23-31(28,29)6-5-10-3-1-2-4-11(10)25/h1-6,8-9,12,14-15,18,23,25-27H,7H2,(H2,19,20,21)/b6-5+/t12-,14-,15-,18-/m1/s1. The predicted molar refractivity (Wildman–Crippen MR) is 110 cm³/mol. The van der Waals surface area contributed by atoms with E-state index in [1.165, 1.54) is 29.4 Å². The molecule has 0 radical (unpaired) electrons. The molecule has 1 aliphatic rings. The molecular weight excluding hydrogens is 428 g/mol. The maximum absolute atomic E-state index is 12.3. The second kappa shape index (κ2) is 8.20. The normalized spacial score (nSPS) is 24.3. The van der Waals surface area contributed by atoms with Gasteiger partial charge in [0.05, 0.1) is 6.33 Å². The third-order valence-corrected chi connectivity index (χ3v) is 5.91. The van der Waals surface area contributed by atoms with Gasteiger partial charge in [-0.25, -0.2) is 28.1 Å². The lowest BCUT2D eigenvalue weighted by molar-refractivity contribution is -0.0329. The Balaban J connectivity index is 1.46. The molecule has 1 fully saturated rings. The number of hydrogen-bond donors (Lipinski definition) is 5. The summed E-state index contributed by atoms with van der Waals surface area (Å²) in [5, 5.41) is 31.4. The average molecular weight is 448 g/mol. The highest BCUT2D eigenvalue weighted by atomic mass is 32.2. The molecule has 12 nitrogen and oxygen atoms in total. The first-order valence-corrected chi connectivity index (χ1v) is 10.7. The number of hydrogen-bond acceptors (Lipinski definition) is 10. The lowest BCUT2D eigenvalue weighted by atomic mass is 10.1. The summed E-state index contributed by atoms with van der Waals surface area (Å²) >= 11 is 0. The van der Waals surface area contributed by atoms with Crippen molar-refractivity contribution >= 4 is 33.1 Å². The minimum Gasteiger partial charge on any atom is -0.507 e. The third kappa shape index (κ3) is 4.22. The van der Waals surface area contributed by atoms with E-state index in [2.05, 4.69) is 19.7 Å². The number of nitrogen functional groups attached to an aromatic ring is 1. The predicted octanol–water partition coefficient (Wildman–Crippen LogP) is -0.676. The molecule has 0 aliphatic carbocycles. The fourth-order valence-electron chi connectivity index (χ4n) is 3.22. The van der Waals surface area contributed by atoms with Crippen LogP contribution in [0.5, 0.6) is 5.75 Å². The molecule has 1 aromatic carbocycles. The van der Waals surface area contributed by atoms with Crippen LogP contribution in [0.15, 0.2) is 42.3 Å². The summed E-state index contributed by atoms with van der Waals surface area (Å²) in [4.78, 5) is 12.0. The number of aromatic nitrogens is 4. The van der Waals surface area contributed by atoms with Crippen LogP contribution in [0.25, 0.3) is 17.2 Å². The van der Waals surface area contributed by atoms with Gasteiger partial charge >= 0.3 is 0 Å². The van der Waals surface area contributed by atoms with Gasteiger partial charge in [0.1, 0.15) is 35.9 Å². The topological polar surface area (TPSA) is 186 Å². The number of aliphatic hydroxyl groups is 2. The van der Waals surface area contributed by atoms with Gasteiger partial charge in [-0.15, -0.1) is 0 Å². The number of benzene rings is 1. The van der Waals surface area contributed by atoms with Crippen molar-refractivity contribution in [2.45, 2.75) is 24.5 Å². The van der Waals surface area contributed by atoms with Crippen molar-refractivity contribution in [1.29, 1.82) is 0 Å². The van der Waals surface area contributed by atoms with Crippen molar-refractivity contribution in [2.75, 3.05) is 12.3 Å². The zero-order valence-electron chi connectivity index (χ0n) is 16.0. The zero-order chi connectivity index (χ0) is 22.2. The van der Waals surface area contributed by atoms with Crippen molar-refractivity contribution in [3.63, 3.8) is 0 Å². The van der Waals surface area contributed by atoms with Gasteiger partial charge in [0, 0.05) is 17.5 Å². The van der Waals surface area contributed by atoms with Crippen molar-refractivity contribution in [3.8, 4) is 5.75 Å².